The van der Waals surface area contributed by atoms with Gasteiger partial charge in [-0.1, -0.05) is 66.7 Å². The van der Waals surface area contributed by atoms with Gasteiger partial charge < -0.3 is 0 Å². The van der Waals surface area contributed by atoms with Crippen molar-refractivity contribution < 1.29 is 14.4 Å². The molecule has 1 saturated heterocycles. The number of hydrazone groups is 1. The van der Waals surface area contributed by atoms with Crippen molar-refractivity contribution in [2.75, 3.05) is 4.90 Å². The number of carbonyl (C=O) groups is 3. The first-order valence-corrected chi connectivity index (χ1v) is 12.5. The molecule has 1 aliphatic heterocycles. The van der Waals surface area contributed by atoms with Crippen LogP contribution in [0.15, 0.2) is 108 Å². The number of aromatic nitrogens is 1. The van der Waals surface area contributed by atoms with Gasteiger partial charge in [-0.05, 0) is 46.5 Å². The van der Waals surface area contributed by atoms with Crippen LogP contribution in [0.2, 0.25) is 0 Å². The fourth-order valence-electron chi connectivity index (χ4n) is 6.64. The molecular weight excluding hydrogens is 476 g/mol. The summed E-state index contributed by atoms with van der Waals surface area (Å²) in [7, 11) is 0. The average molecular weight is 499 g/mol. The lowest BCUT2D eigenvalue weighted by atomic mass is 9.47. The number of nitrogens with zero attached hydrogens (tertiary/aromatic N) is 3. The number of hydrogen-bond acceptors (Lipinski definition) is 5. The molecule has 0 saturated carbocycles. The Labute approximate surface area is 218 Å². The fraction of sp³-hybridized carbons (Fsp3) is 0.129. The monoisotopic (exact) mass is 498 g/mol. The summed E-state index contributed by atoms with van der Waals surface area (Å²) in [5, 5.41) is 4.42. The molecule has 3 amide bonds. The van der Waals surface area contributed by atoms with Crippen molar-refractivity contribution in [2.24, 2.45) is 16.9 Å². The first-order valence-electron chi connectivity index (χ1n) is 12.5. The van der Waals surface area contributed by atoms with E-state index in [1.807, 2.05) is 66.7 Å². The van der Waals surface area contributed by atoms with E-state index in [9.17, 15) is 14.4 Å². The second-order valence-electron chi connectivity index (χ2n) is 9.81. The SMILES string of the molecule is O=C(NN=CC12c3ccccc3C(c3ccccc31)C1C(=O)N(c3ccccc3)C(=O)C12)c1cccnc1. The Morgan fingerprint density at radius 2 is 1.50 bits per heavy atom. The smallest absolute Gasteiger partial charge is 0.272 e. The highest BCUT2D eigenvalue weighted by Gasteiger charge is 2.68. The van der Waals surface area contributed by atoms with Crippen molar-refractivity contribution in [1.29, 1.82) is 0 Å². The Hall–Kier alpha value is -4.91. The predicted molar refractivity (Wildman–Crippen MR) is 142 cm³/mol. The van der Waals surface area contributed by atoms with Gasteiger partial charge in [0.1, 0.15) is 0 Å². The number of rotatable bonds is 4. The highest BCUT2D eigenvalue weighted by Crippen LogP contribution is 2.63. The molecule has 1 fully saturated rings. The van der Waals surface area contributed by atoms with E-state index < -0.39 is 23.2 Å². The summed E-state index contributed by atoms with van der Waals surface area (Å²) in [5.74, 6) is -2.43. The van der Waals surface area contributed by atoms with Gasteiger partial charge in [0.2, 0.25) is 11.8 Å². The van der Waals surface area contributed by atoms with Crippen LogP contribution < -0.4 is 10.3 Å². The molecule has 2 atom stereocenters. The van der Waals surface area contributed by atoms with E-state index in [1.165, 1.54) is 11.1 Å². The van der Waals surface area contributed by atoms with Crippen LogP contribution in [0.3, 0.4) is 0 Å². The molecule has 2 bridgehead atoms. The van der Waals surface area contributed by atoms with E-state index in [0.717, 1.165) is 22.3 Å². The summed E-state index contributed by atoms with van der Waals surface area (Å²) in [5.41, 5.74) is 6.38. The summed E-state index contributed by atoms with van der Waals surface area (Å²) < 4.78 is 0. The Kier molecular flexibility index (Phi) is 4.88. The van der Waals surface area contributed by atoms with E-state index in [-0.39, 0.29) is 17.7 Å². The minimum Gasteiger partial charge on any atom is -0.274 e. The number of hydrogen-bond donors (Lipinski definition) is 1. The van der Waals surface area contributed by atoms with E-state index in [2.05, 4.69) is 15.5 Å². The van der Waals surface area contributed by atoms with Gasteiger partial charge in [0.25, 0.3) is 5.91 Å². The first-order chi connectivity index (χ1) is 18.6. The molecule has 7 nitrogen and oxygen atoms in total. The molecule has 0 spiro atoms. The van der Waals surface area contributed by atoms with Crippen LogP contribution in [0.4, 0.5) is 5.69 Å². The van der Waals surface area contributed by atoms with Crippen LogP contribution in [0.1, 0.15) is 38.5 Å². The number of amides is 3. The van der Waals surface area contributed by atoms with Crippen molar-refractivity contribution in [1.82, 2.24) is 10.4 Å². The molecule has 7 heteroatoms. The van der Waals surface area contributed by atoms with Gasteiger partial charge in [-0.15, -0.1) is 0 Å². The molecule has 184 valence electrons. The van der Waals surface area contributed by atoms with Crippen LogP contribution >= 0.6 is 0 Å². The van der Waals surface area contributed by atoms with Crippen LogP contribution in [0, 0.1) is 11.8 Å². The molecule has 4 aromatic rings. The Balaban J connectivity index is 1.42. The summed E-state index contributed by atoms with van der Waals surface area (Å²) in [6.07, 6.45) is 4.72. The first kappa shape index (κ1) is 22.3. The number of carbonyl (C=O) groups excluding carboxylic acids is 3. The number of benzene rings is 3. The van der Waals surface area contributed by atoms with Crippen molar-refractivity contribution >= 4 is 29.6 Å². The van der Waals surface area contributed by atoms with Crippen molar-refractivity contribution in [3.05, 3.63) is 131 Å². The summed E-state index contributed by atoms with van der Waals surface area (Å²) in [6.45, 7) is 0. The lowest BCUT2D eigenvalue weighted by Crippen LogP contribution is -2.54. The third-order valence-corrected chi connectivity index (χ3v) is 8.06. The number of pyridine rings is 1. The zero-order chi connectivity index (χ0) is 25.9. The molecule has 1 N–H and O–H groups in total. The van der Waals surface area contributed by atoms with Gasteiger partial charge in [-0.25, -0.2) is 10.3 Å². The van der Waals surface area contributed by atoms with Crippen LogP contribution in [0.5, 0.6) is 0 Å². The summed E-state index contributed by atoms with van der Waals surface area (Å²) in [6, 6.07) is 28.3. The molecule has 0 radical (unpaired) electrons. The largest absolute Gasteiger partial charge is 0.274 e. The maximum atomic E-state index is 14.2. The van der Waals surface area contributed by atoms with Crippen LogP contribution in [-0.2, 0) is 15.0 Å². The standard InChI is InChI=1S/C31H22N4O3/c36-28(19-9-8-16-32-17-19)34-33-18-31-23-14-6-4-12-21(23)25(22-13-5-7-15-24(22)31)26-27(31)30(38)35(29(26)37)20-10-2-1-3-11-20/h1-18,25-27H,(H,34,36). The molecular formula is C31H22N4O3. The quantitative estimate of drug-likeness (QED) is 0.261. The Morgan fingerprint density at radius 1 is 0.842 bits per heavy atom. The Bertz CT molecular complexity index is 1590. The summed E-state index contributed by atoms with van der Waals surface area (Å²) in [4.78, 5) is 46.4. The van der Waals surface area contributed by atoms with Gasteiger partial charge in [0.15, 0.2) is 0 Å². The normalized spacial score (nSPS) is 24.7. The third kappa shape index (κ3) is 2.93. The summed E-state index contributed by atoms with van der Waals surface area (Å²) >= 11 is 0. The van der Waals surface area contributed by atoms with E-state index in [1.54, 1.807) is 36.7 Å². The maximum Gasteiger partial charge on any atom is 0.272 e. The van der Waals surface area contributed by atoms with Gasteiger partial charge in [0.05, 0.1) is 28.5 Å². The minimum absolute atomic E-state index is 0.211. The molecule has 1 aromatic heterocycles. The van der Waals surface area contributed by atoms with Gasteiger partial charge >= 0.3 is 0 Å². The molecule has 3 aliphatic carbocycles. The lowest BCUT2D eigenvalue weighted by Gasteiger charge is -2.52. The molecule has 3 aromatic carbocycles. The number of imide groups is 1. The molecule has 38 heavy (non-hydrogen) atoms. The predicted octanol–water partition coefficient (Wildman–Crippen LogP) is 4.05. The van der Waals surface area contributed by atoms with Crippen molar-refractivity contribution in [3.8, 4) is 0 Å². The van der Waals surface area contributed by atoms with Gasteiger partial charge in [-0.3, -0.25) is 19.4 Å². The van der Waals surface area contributed by atoms with Gasteiger partial charge in [-0.2, -0.15) is 5.10 Å². The average Bonchev–Trinajstić information content (AvgIpc) is 3.24. The van der Waals surface area contributed by atoms with Gasteiger partial charge in [0, 0.05) is 24.5 Å². The fourth-order valence-corrected chi connectivity index (χ4v) is 6.64. The zero-order valence-electron chi connectivity index (χ0n) is 20.2. The second-order valence-corrected chi connectivity index (χ2v) is 9.81. The lowest BCUT2D eigenvalue weighted by molar-refractivity contribution is -0.122. The highest BCUT2D eigenvalue weighted by molar-refractivity contribution is 6.25. The molecule has 4 aliphatic rings. The zero-order valence-corrected chi connectivity index (χ0v) is 20.2. The second kappa shape index (κ2) is 8.31. The van der Waals surface area contributed by atoms with E-state index in [4.69, 9.17) is 0 Å². The Morgan fingerprint density at radius 3 is 2.16 bits per heavy atom. The topological polar surface area (TPSA) is 91.7 Å². The number of nitrogens with one attached hydrogen (secondary N) is 1. The minimum atomic E-state index is -1.04. The molecule has 8 rings (SSSR count). The van der Waals surface area contributed by atoms with Crippen molar-refractivity contribution in [3.63, 3.8) is 0 Å². The number of para-hydroxylation sites is 1. The van der Waals surface area contributed by atoms with Crippen LogP contribution in [-0.4, -0.2) is 28.9 Å². The van der Waals surface area contributed by atoms with E-state index >= 15 is 0 Å². The van der Waals surface area contributed by atoms with Crippen molar-refractivity contribution in [2.45, 2.75) is 11.3 Å². The number of anilines is 1. The van der Waals surface area contributed by atoms with E-state index in [0.29, 0.717) is 11.3 Å². The molecule has 2 heterocycles. The highest BCUT2D eigenvalue weighted by atomic mass is 16.2. The molecule has 2 unspecified atom stereocenters. The third-order valence-electron chi connectivity index (χ3n) is 8.06. The maximum absolute atomic E-state index is 14.2. The van der Waals surface area contributed by atoms with Crippen LogP contribution in [0.25, 0.3) is 0 Å².